The van der Waals surface area contributed by atoms with Gasteiger partial charge in [-0.1, -0.05) is 30.3 Å². The molecule has 2 aromatic carbocycles. The molecule has 1 saturated carbocycles. The van der Waals surface area contributed by atoms with Crippen LogP contribution in [0.1, 0.15) is 54.3 Å². The van der Waals surface area contributed by atoms with Crippen LogP contribution in [0.4, 0.5) is 4.39 Å². The van der Waals surface area contributed by atoms with Gasteiger partial charge in [-0.2, -0.15) is 0 Å². The molecule has 1 saturated heterocycles. The van der Waals surface area contributed by atoms with E-state index in [0.29, 0.717) is 12.0 Å². The number of benzene rings is 2. The molecule has 3 nitrogen and oxygen atoms in total. The highest BCUT2D eigenvalue weighted by atomic mass is 19.1. The van der Waals surface area contributed by atoms with Gasteiger partial charge in [0.2, 0.25) is 0 Å². The van der Waals surface area contributed by atoms with Crippen LogP contribution in [-0.4, -0.2) is 31.1 Å². The molecule has 0 amide bonds. The van der Waals surface area contributed by atoms with E-state index in [1.807, 2.05) is 6.07 Å². The molecule has 0 aromatic heterocycles. The summed E-state index contributed by atoms with van der Waals surface area (Å²) in [6.45, 7) is 1.73. The summed E-state index contributed by atoms with van der Waals surface area (Å²) in [6.07, 6.45) is 5.23. The van der Waals surface area contributed by atoms with Crippen LogP contribution in [0.3, 0.4) is 0 Å². The van der Waals surface area contributed by atoms with Crippen molar-refractivity contribution in [2.75, 3.05) is 20.2 Å². The molecule has 2 atom stereocenters. The molecule has 0 radical (unpaired) electrons. The molecule has 146 valence electrons. The average molecular weight is 379 g/mol. The fraction of sp³-hybridized carbons (Fsp3) is 0.458. The summed E-state index contributed by atoms with van der Waals surface area (Å²) < 4.78 is 19.4. The maximum absolute atomic E-state index is 14.5. The van der Waals surface area contributed by atoms with E-state index in [1.54, 1.807) is 6.07 Å². The van der Waals surface area contributed by atoms with E-state index in [1.165, 1.54) is 18.2 Å². The standard InChI is InChI=1S/C24H26FNO2/c1-28-24(27)19-10-11-26(14-19)23-9-6-18-12-16(5-8-21(18)23)17-4-7-20(15-2-3-15)22(25)13-17/h4-5,7-8,12-13,15,19,23H,2-3,6,9-11,14H2,1H3/t19-,23?/m0/s1. The Hall–Kier alpha value is -2.20. The highest BCUT2D eigenvalue weighted by Gasteiger charge is 2.36. The third-order valence-electron chi connectivity index (χ3n) is 6.74. The summed E-state index contributed by atoms with van der Waals surface area (Å²) in [5.41, 5.74) is 5.65. The predicted octanol–water partition coefficient (Wildman–Crippen LogP) is 4.85. The number of nitrogens with zero attached hydrogens (tertiary/aromatic N) is 1. The van der Waals surface area contributed by atoms with E-state index in [9.17, 15) is 9.18 Å². The first-order valence-electron chi connectivity index (χ1n) is 10.4. The number of ether oxygens (including phenoxy) is 1. The van der Waals surface area contributed by atoms with Crippen LogP contribution in [-0.2, 0) is 16.0 Å². The fourth-order valence-electron chi connectivity index (χ4n) is 5.02. The molecule has 2 fully saturated rings. The first-order valence-corrected chi connectivity index (χ1v) is 10.4. The van der Waals surface area contributed by atoms with Gasteiger partial charge in [-0.15, -0.1) is 0 Å². The van der Waals surface area contributed by atoms with Gasteiger partial charge in [0.15, 0.2) is 0 Å². The van der Waals surface area contributed by atoms with Crippen LogP contribution in [0.15, 0.2) is 36.4 Å². The second-order valence-corrected chi connectivity index (χ2v) is 8.48. The number of esters is 1. The predicted molar refractivity (Wildman–Crippen MR) is 107 cm³/mol. The van der Waals surface area contributed by atoms with Crippen LogP contribution in [0.25, 0.3) is 11.1 Å². The van der Waals surface area contributed by atoms with Crippen molar-refractivity contribution in [2.45, 2.75) is 44.1 Å². The molecule has 3 aliphatic rings. The van der Waals surface area contributed by atoms with Crippen LogP contribution >= 0.6 is 0 Å². The number of likely N-dealkylation sites (tertiary alicyclic amines) is 1. The normalized spacial score (nSPS) is 24.4. The number of carbonyl (C=O) groups excluding carboxylic acids is 1. The van der Waals surface area contributed by atoms with Crippen LogP contribution < -0.4 is 0 Å². The SMILES string of the molecule is COC(=O)[C@H]1CCN(C2CCc3cc(-c4ccc(C5CC5)c(F)c4)ccc32)C1. The third-order valence-corrected chi connectivity index (χ3v) is 6.74. The van der Waals surface area contributed by atoms with Crippen molar-refractivity contribution >= 4 is 5.97 Å². The second kappa shape index (κ2) is 7.00. The Morgan fingerprint density at radius 1 is 1.04 bits per heavy atom. The summed E-state index contributed by atoms with van der Waals surface area (Å²) in [7, 11) is 1.47. The van der Waals surface area contributed by atoms with Gasteiger partial charge in [0.25, 0.3) is 0 Å². The van der Waals surface area contributed by atoms with E-state index in [4.69, 9.17) is 4.74 Å². The van der Waals surface area contributed by atoms with E-state index in [2.05, 4.69) is 29.2 Å². The second-order valence-electron chi connectivity index (χ2n) is 8.48. The van der Waals surface area contributed by atoms with Crippen LogP contribution in [0, 0.1) is 11.7 Å². The summed E-state index contributed by atoms with van der Waals surface area (Å²) in [5.74, 6) is 0.280. The van der Waals surface area contributed by atoms with Gasteiger partial charge in [-0.25, -0.2) is 4.39 Å². The van der Waals surface area contributed by atoms with Crippen molar-refractivity contribution in [2.24, 2.45) is 5.92 Å². The third kappa shape index (κ3) is 3.14. The minimum Gasteiger partial charge on any atom is -0.469 e. The Bertz CT molecular complexity index is 921. The Morgan fingerprint density at radius 3 is 2.50 bits per heavy atom. The molecule has 2 aliphatic carbocycles. The molecule has 4 heteroatoms. The van der Waals surface area contributed by atoms with Crippen molar-refractivity contribution in [3.8, 4) is 11.1 Å². The van der Waals surface area contributed by atoms with Crippen molar-refractivity contribution in [1.82, 2.24) is 4.90 Å². The zero-order valence-corrected chi connectivity index (χ0v) is 16.3. The molecular weight excluding hydrogens is 353 g/mol. The van der Waals surface area contributed by atoms with Gasteiger partial charge in [0, 0.05) is 12.6 Å². The number of hydrogen-bond donors (Lipinski definition) is 0. The number of hydrogen-bond acceptors (Lipinski definition) is 3. The summed E-state index contributed by atoms with van der Waals surface area (Å²) in [5, 5.41) is 0. The van der Waals surface area contributed by atoms with E-state index >= 15 is 0 Å². The van der Waals surface area contributed by atoms with Crippen molar-refractivity contribution in [1.29, 1.82) is 0 Å². The highest BCUT2D eigenvalue weighted by Crippen LogP contribution is 2.43. The summed E-state index contributed by atoms with van der Waals surface area (Å²) >= 11 is 0. The lowest BCUT2D eigenvalue weighted by Crippen LogP contribution is -2.27. The number of halogens is 1. The lowest BCUT2D eigenvalue weighted by Gasteiger charge is -2.24. The van der Waals surface area contributed by atoms with E-state index < -0.39 is 0 Å². The van der Waals surface area contributed by atoms with Crippen LogP contribution in [0.5, 0.6) is 0 Å². The van der Waals surface area contributed by atoms with Gasteiger partial charge in [-0.3, -0.25) is 9.69 Å². The number of rotatable bonds is 4. The number of methoxy groups -OCH3 is 1. The lowest BCUT2D eigenvalue weighted by molar-refractivity contribution is -0.145. The molecule has 5 rings (SSSR count). The number of carbonyl (C=O) groups is 1. The first kappa shape index (κ1) is 17.9. The van der Waals surface area contributed by atoms with E-state index in [0.717, 1.165) is 61.9 Å². The van der Waals surface area contributed by atoms with Crippen molar-refractivity contribution in [3.05, 3.63) is 58.9 Å². The molecule has 1 unspecified atom stereocenters. The Labute approximate surface area is 165 Å². The van der Waals surface area contributed by atoms with Gasteiger partial charge in [0.1, 0.15) is 5.82 Å². The molecular formula is C24H26FNO2. The quantitative estimate of drug-likeness (QED) is 0.711. The zero-order valence-electron chi connectivity index (χ0n) is 16.3. The minimum atomic E-state index is -0.0901. The highest BCUT2D eigenvalue weighted by molar-refractivity contribution is 5.73. The Balaban J connectivity index is 1.36. The molecule has 1 heterocycles. The maximum atomic E-state index is 14.5. The molecule has 1 aliphatic heterocycles. The smallest absolute Gasteiger partial charge is 0.310 e. The largest absolute Gasteiger partial charge is 0.469 e. The molecule has 0 spiro atoms. The molecule has 0 N–H and O–H groups in total. The van der Waals surface area contributed by atoms with Gasteiger partial charge < -0.3 is 4.74 Å². The molecule has 0 bridgehead atoms. The Kier molecular flexibility index (Phi) is 4.47. The first-order chi connectivity index (χ1) is 13.6. The van der Waals surface area contributed by atoms with Gasteiger partial charge >= 0.3 is 5.97 Å². The van der Waals surface area contributed by atoms with Crippen molar-refractivity contribution < 1.29 is 13.9 Å². The van der Waals surface area contributed by atoms with Crippen molar-refractivity contribution in [3.63, 3.8) is 0 Å². The lowest BCUT2D eigenvalue weighted by atomic mass is 9.97. The fourth-order valence-corrected chi connectivity index (χ4v) is 5.02. The van der Waals surface area contributed by atoms with E-state index in [-0.39, 0.29) is 17.7 Å². The topological polar surface area (TPSA) is 29.5 Å². The number of aryl methyl sites for hydroxylation is 1. The summed E-state index contributed by atoms with van der Waals surface area (Å²) in [6, 6.07) is 12.7. The maximum Gasteiger partial charge on any atom is 0.310 e. The minimum absolute atomic E-state index is 0.00119. The monoisotopic (exact) mass is 379 g/mol. The summed E-state index contributed by atoms with van der Waals surface area (Å²) in [4.78, 5) is 14.3. The van der Waals surface area contributed by atoms with Gasteiger partial charge in [0.05, 0.1) is 13.0 Å². The van der Waals surface area contributed by atoms with Crippen LogP contribution in [0.2, 0.25) is 0 Å². The van der Waals surface area contributed by atoms with Gasteiger partial charge in [-0.05, 0) is 78.5 Å². The average Bonchev–Trinajstić information content (AvgIpc) is 3.28. The molecule has 28 heavy (non-hydrogen) atoms. The zero-order chi connectivity index (χ0) is 19.3. The Morgan fingerprint density at radius 2 is 1.79 bits per heavy atom. The molecule has 2 aromatic rings. The number of fused-ring (bicyclic) bond motifs is 1.